The van der Waals surface area contributed by atoms with E-state index in [0.717, 1.165) is 18.2 Å². The standard InChI is InChI=1S/C13H12ClNO.C2H4O2/c1-8-9(2)15-13(14)11(8)12(16)10-6-4-3-5-7-10;1-2(3)4/h3-7,15H,1-2H3;1H3,(H,3,4). The number of carbonyl (C=O) groups excluding carboxylic acids is 1. The molecule has 0 bridgehead atoms. The van der Waals surface area contributed by atoms with Crippen molar-refractivity contribution in [3.05, 3.63) is 57.9 Å². The summed E-state index contributed by atoms with van der Waals surface area (Å²) in [5, 5.41) is 7.84. The Morgan fingerprint density at radius 3 is 2.05 bits per heavy atom. The summed E-state index contributed by atoms with van der Waals surface area (Å²) < 4.78 is 0. The molecule has 20 heavy (non-hydrogen) atoms. The van der Waals surface area contributed by atoms with Crippen LogP contribution < -0.4 is 0 Å². The van der Waals surface area contributed by atoms with E-state index in [-0.39, 0.29) is 5.78 Å². The van der Waals surface area contributed by atoms with Crippen LogP contribution in [0, 0.1) is 13.8 Å². The molecule has 0 unspecified atom stereocenters. The quantitative estimate of drug-likeness (QED) is 0.831. The summed E-state index contributed by atoms with van der Waals surface area (Å²) in [6.45, 7) is 4.89. The van der Waals surface area contributed by atoms with Crippen LogP contribution in [0.15, 0.2) is 30.3 Å². The van der Waals surface area contributed by atoms with Crippen LogP contribution in [0.5, 0.6) is 0 Å². The van der Waals surface area contributed by atoms with Gasteiger partial charge in [0.1, 0.15) is 5.15 Å². The Balaban J connectivity index is 0.000000444. The largest absolute Gasteiger partial charge is 0.481 e. The van der Waals surface area contributed by atoms with Crippen LogP contribution in [0.4, 0.5) is 0 Å². The number of carboxylic acid groups (broad SMARTS) is 1. The molecule has 106 valence electrons. The number of aryl methyl sites for hydroxylation is 1. The molecular weight excluding hydrogens is 278 g/mol. The Kier molecular flexibility index (Phi) is 5.53. The van der Waals surface area contributed by atoms with Crippen molar-refractivity contribution >= 4 is 23.4 Å². The average molecular weight is 294 g/mol. The smallest absolute Gasteiger partial charge is 0.300 e. The van der Waals surface area contributed by atoms with Crippen molar-refractivity contribution in [1.29, 1.82) is 0 Å². The number of hydrogen-bond donors (Lipinski definition) is 2. The summed E-state index contributed by atoms with van der Waals surface area (Å²) in [5.74, 6) is -0.868. The van der Waals surface area contributed by atoms with Gasteiger partial charge in [-0.3, -0.25) is 9.59 Å². The maximum absolute atomic E-state index is 12.2. The number of aromatic amines is 1. The van der Waals surface area contributed by atoms with E-state index in [1.807, 2.05) is 32.0 Å². The molecule has 0 aliphatic heterocycles. The summed E-state index contributed by atoms with van der Waals surface area (Å²) in [7, 11) is 0. The molecule has 1 aromatic carbocycles. The zero-order chi connectivity index (χ0) is 15.3. The fraction of sp³-hybridized carbons (Fsp3) is 0.200. The zero-order valence-corrected chi connectivity index (χ0v) is 12.3. The monoisotopic (exact) mass is 293 g/mol. The molecule has 2 rings (SSSR count). The second-order valence-electron chi connectivity index (χ2n) is 4.28. The number of aliphatic carboxylic acids is 1. The Bertz CT molecular complexity index is 614. The third-order valence-electron chi connectivity index (χ3n) is 2.72. The predicted octanol–water partition coefficient (Wildman–Crippen LogP) is 3.61. The number of benzene rings is 1. The molecule has 0 atom stereocenters. The molecule has 0 radical (unpaired) electrons. The molecule has 0 amide bonds. The lowest BCUT2D eigenvalue weighted by atomic mass is 10.0. The molecule has 4 nitrogen and oxygen atoms in total. The highest BCUT2D eigenvalue weighted by Crippen LogP contribution is 2.24. The van der Waals surface area contributed by atoms with Crippen LogP contribution >= 0.6 is 11.6 Å². The number of halogens is 1. The van der Waals surface area contributed by atoms with Gasteiger partial charge in [0.15, 0.2) is 5.78 Å². The van der Waals surface area contributed by atoms with Crippen molar-refractivity contribution in [3.63, 3.8) is 0 Å². The molecule has 1 heterocycles. The number of H-pyrrole nitrogens is 1. The van der Waals surface area contributed by atoms with Gasteiger partial charge in [-0.15, -0.1) is 0 Å². The second kappa shape index (κ2) is 6.91. The lowest BCUT2D eigenvalue weighted by molar-refractivity contribution is -0.134. The number of hydrogen-bond acceptors (Lipinski definition) is 2. The molecule has 2 aromatic rings. The van der Waals surface area contributed by atoms with Crippen LogP contribution in [-0.2, 0) is 4.79 Å². The second-order valence-corrected chi connectivity index (χ2v) is 4.66. The van der Waals surface area contributed by atoms with Crippen molar-refractivity contribution in [2.45, 2.75) is 20.8 Å². The van der Waals surface area contributed by atoms with Crippen LogP contribution in [0.1, 0.15) is 34.1 Å². The van der Waals surface area contributed by atoms with E-state index in [1.54, 1.807) is 12.1 Å². The van der Waals surface area contributed by atoms with E-state index >= 15 is 0 Å². The lowest BCUT2D eigenvalue weighted by Crippen LogP contribution is -2.02. The van der Waals surface area contributed by atoms with Crippen molar-refractivity contribution < 1.29 is 14.7 Å². The van der Waals surface area contributed by atoms with Crippen LogP contribution in [0.2, 0.25) is 5.15 Å². The maximum atomic E-state index is 12.2. The highest BCUT2D eigenvalue weighted by atomic mass is 35.5. The third-order valence-corrected chi connectivity index (χ3v) is 3.00. The highest BCUT2D eigenvalue weighted by molar-refractivity contribution is 6.34. The first-order valence-electron chi connectivity index (χ1n) is 5.98. The van der Waals surface area contributed by atoms with Gasteiger partial charge in [-0.1, -0.05) is 41.9 Å². The number of nitrogens with one attached hydrogen (secondary N) is 1. The first-order valence-corrected chi connectivity index (χ1v) is 6.36. The first kappa shape index (κ1) is 16.0. The van der Waals surface area contributed by atoms with Crippen molar-refractivity contribution in [2.24, 2.45) is 0 Å². The average Bonchev–Trinajstić information content (AvgIpc) is 2.63. The highest BCUT2D eigenvalue weighted by Gasteiger charge is 2.18. The van der Waals surface area contributed by atoms with Gasteiger partial charge in [0.2, 0.25) is 0 Å². The van der Waals surface area contributed by atoms with E-state index in [9.17, 15) is 4.79 Å². The normalized spacial score (nSPS) is 9.60. The van der Waals surface area contributed by atoms with E-state index < -0.39 is 5.97 Å². The molecule has 0 aliphatic rings. The Labute approximate surface area is 122 Å². The van der Waals surface area contributed by atoms with Crippen molar-refractivity contribution in [2.75, 3.05) is 0 Å². The molecule has 0 saturated heterocycles. The zero-order valence-electron chi connectivity index (χ0n) is 11.5. The van der Waals surface area contributed by atoms with E-state index in [2.05, 4.69) is 4.98 Å². The summed E-state index contributed by atoms with van der Waals surface area (Å²) in [6.07, 6.45) is 0. The van der Waals surface area contributed by atoms with Gasteiger partial charge in [0.25, 0.3) is 5.97 Å². The fourth-order valence-electron chi connectivity index (χ4n) is 1.68. The Hall–Kier alpha value is -2.07. The Morgan fingerprint density at radius 1 is 1.15 bits per heavy atom. The van der Waals surface area contributed by atoms with Gasteiger partial charge in [0, 0.05) is 18.2 Å². The van der Waals surface area contributed by atoms with Crippen molar-refractivity contribution in [3.8, 4) is 0 Å². The van der Waals surface area contributed by atoms with Crippen LogP contribution in [-0.4, -0.2) is 21.8 Å². The van der Waals surface area contributed by atoms with Gasteiger partial charge in [-0.2, -0.15) is 0 Å². The summed E-state index contributed by atoms with van der Waals surface area (Å²) >= 11 is 6.02. The molecule has 5 heteroatoms. The first-order chi connectivity index (χ1) is 9.34. The minimum absolute atomic E-state index is 0.0348. The fourth-order valence-corrected chi connectivity index (χ4v) is 2.05. The van der Waals surface area contributed by atoms with Gasteiger partial charge >= 0.3 is 0 Å². The third kappa shape index (κ3) is 3.96. The summed E-state index contributed by atoms with van der Waals surface area (Å²) in [5.41, 5.74) is 3.08. The van der Waals surface area contributed by atoms with Crippen LogP contribution in [0.25, 0.3) is 0 Å². The lowest BCUT2D eigenvalue weighted by Gasteiger charge is -2.00. The van der Waals surface area contributed by atoms with Gasteiger partial charge in [-0.25, -0.2) is 0 Å². The molecule has 2 N–H and O–H groups in total. The molecule has 0 saturated carbocycles. The summed E-state index contributed by atoms with van der Waals surface area (Å²) in [6, 6.07) is 9.15. The SMILES string of the molecule is CC(=O)O.Cc1[nH]c(Cl)c(C(=O)c2ccccc2)c1C. The van der Waals surface area contributed by atoms with Gasteiger partial charge in [-0.05, 0) is 19.4 Å². The molecule has 1 aromatic heterocycles. The Morgan fingerprint density at radius 2 is 1.65 bits per heavy atom. The van der Waals surface area contributed by atoms with Gasteiger partial charge < -0.3 is 10.1 Å². The van der Waals surface area contributed by atoms with E-state index in [0.29, 0.717) is 16.3 Å². The predicted molar refractivity (Wildman–Crippen MR) is 78.5 cm³/mol. The minimum atomic E-state index is -0.833. The molecule has 0 spiro atoms. The number of rotatable bonds is 2. The van der Waals surface area contributed by atoms with Gasteiger partial charge in [0.05, 0.1) is 5.56 Å². The number of carbonyl (C=O) groups is 2. The van der Waals surface area contributed by atoms with Crippen molar-refractivity contribution in [1.82, 2.24) is 4.98 Å². The molecule has 0 fully saturated rings. The maximum Gasteiger partial charge on any atom is 0.300 e. The van der Waals surface area contributed by atoms with E-state index in [1.165, 1.54) is 0 Å². The molecule has 0 aliphatic carbocycles. The minimum Gasteiger partial charge on any atom is -0.481 e. The number of ketones is 1. The van der Waals surface area contributed by atoms with E-state index in [4.69, 9.17) is 21.5 Å². The van der Waals surface area contributed by atoms with Crippen LogP contribution in [0.3, 0.4) is 0 Å². The summed E-state index contributed by atoms with van der Waals surface area (Å²) in [4.78, 5) is 24.2. The topological polar surface area (TPSA) is 70.2 Å². The number of aromatic nitrogens is 1. The number of carboxylic acids is 1. The molecular formula is C15H16ClNO3.